The van der Waals surface area contributed by atoms with E-state index in [-0.39, 0.29) is 18.8 Å². The number of hydrogen-bond acceptors (Lipinski definition) is 4. The minimum absolute atomic E-state index is 0.0286. The van der Waals surface area contributed by atoms with Gasteiger partial charge in [0.25, 0.3) is 0 Å². The molecule has 0 bridgehead atoms. The van der Waals surface area contributed by atoms with Crippen LogP contribution in [0.1, 0.15) is 31.0 Å². The Kier molecular flexibility index (Phi) is 6.48. The number of urea groups is 1. The third-order valence-corrected chi connectivity index (χ3v) is 4.21. The summed E-state index contributed by atoms with van der Waals surface area (Å²) in [5.74, 6) is -0.663. The molecule has 1 unspecified atom stereocenters. The van der Waals surface area contributed by atoms with Crippen molar-refractivity contribution in [3.8, 4) is 0 Å². The highest BCUT2D eigenvalue weighted by Gasteiger charge is 2.36. The normalized spacial score (nSPS) is 17.8. The molecule has 0 saturated carbocycles. The fourth-order valence-corrected chi connectivity index (χ4v) is 2.63. The maximum Gasteiger partial charge on any atom is 0.416 e. The van der Waals surface area contributed by atoms with Crippen LogP contribution in [0.3, 0.4) is 0 Å². The minimum atomic E-state index is -4.47. The molecule has 6 nitrogen and oxygen atoms in total. The van der Waals surface area contributed by atoms with Crippen LogP contribution >= 0.6 is 0 Å². The summed E-state index contributed by atoms with van der Waals surface area (Å²) in [6, 6.07) is 2.92. The molecule has 1 aliphatic heterocycles. The van der Waals surface area contributed by atoms with Crippen molar-refractivity contribution in [2.45, 2.75) is 26.1 Å². The van der Waals surface area contributed by atoms with E-state index in [9.17, 15) is 22.8 Å². The molecule has 9 heteroatoms. The zero-order valence-corrected chi connectivity index (χ0v) is 15.2. The predicted octanol–water partition coefficient (Wildman–Crippen LogP) is 3.26. The van der Waals surface area contributed by atoms with Gasteiger partial charge in [0.2, 0.25) is 0 Å². The summed E-state index contributed by atoms with van der Waals surface area (Å²) in [5.41, 5.74) is 0.0611. The number of alkyl halides is 3. The van der Waals surface area contributed by atoms with Gasteiger partial charge in [0.05, 0.1) is 23.8 Å². The molecule has 0 saturated heterocycles. The molecule has 2 amide bonds. The Hall–Kier alpha value is -2.55. The predicted molar refractivity (Wildman–Crippen MR) is 90.6 cm³/mol. The van der Waals surface area contributed by atoms with Gasteiger partial charge in [-0.2, -0.15) is 13.2 Å². The Morgan fingerprint density at radius 3 is 2.41 bits per heavy atom. The largest absolute Gasteiger partial charge is 0.460 e. The van der Waals surface area contributed by atoms with Gasteiger partial charge in [-0.3, -0.25) is 0 Å². The number of halogens is 3. The number of carbonyl (C=O) groups excluding carboxylic acids is 2. The molecule has 148 valence electrons. The van der Waals surface area contributed by atoms with Gasteiger partial charge in [-0.25, -0.2) is 9.59 Å². The molecule has 0 spiro atoms. The van der Waals surface area contributed by atoms with Crippen LogP contribution in [0.5, 0.6) is 0 Å². The quantitative estimate of drug-likeness (QED) is 0.602. The van der Waals surface area contributed by atoms with Crippen molar-refractivity contribution in [3.05, 3.63) is 46.7 Å². The van der Waals surface area contributed by atoms with Gasteiger partial charge in [0.15, 0.2) is 0 Å². The van der Waals surface area contributed by atoms with Gasteiger partial charge in [-0.15, -0.1) is 0 Å². The Balaban J connectivity index is 2.31. The van der Waals surface area contributed by atoms with Gasteiger partial charge in [-0.05, 0) is 31.5 Å². The zero-order valence-electron chi connectivity index (χ0n) is 15.2. The van der Waals surface area contributed by atoms with E-state index in [0.717, 1.165) is 12.1 Å². The molecule has 0 aliphatic carbocycles. The van der Waals surface area contributed by atoms with Crippen LogP contribution in [0.25, 0.3) is 0 Å². The Morgan fingerprint density at radius 1 is 1.22 bits per heavy atom. The van der Waals surface area contributed by atoms with Crippen LogP contribution in [0.2, 0.25) is 0 Å². The van der Waals surface area contributed by atoms with E-state index in [1.54, 1.807) is 13.8 Å². The molecule has 1 aliphatic rings. The van der Waals surface area contributed by atoms with Crippen LogP contribution in [0, 0.1) is 0 Å². The molecule has 27 heavy (non-hydrogen) atoms. The summed E-state index contributed by atoms with van der Waals surface area (Å²) >= 11 is 0. The van der Waals surface area contributed by atoms with Crippen LogP contribution in [-0.2, 0) is 20.4 Å². The smallest absolute Gasteiger partial charge is 0.416 e. The van der Waals surface area contributed by atoms with Gasteiger partial charge < -0.3 is 19.7 Å². The summed E-state index contributed by atoms with van der Waals surface area (Å²) in [7, 11) is 1.49. The molecule has 0 fully saturated rings. The molecule has 0 radical (unpaired) electrons. The van der Waals surface area contributed by atoms with Crippen molar-refractivity contribution >= 4 is 12.0 Å². The number of rotatable bonds is 6. The first kappa shape index (κ1) is 20.8. The second kappa shape index (κ2) is 8.43. The lowest BCUT2D eigenvalue weighted by atomic mass is 9.94. The van der Waals surface area contributed by atoms with Crippen molar-refractivity contribution in [1.29, 1.82) is 0 Å². The Labute approximate surface area is 154 Å². The summed E-state index contributed by atoms with van der Waals surface area (Å²) in [6.07, 6.45) is -4.47. The van der Waals surface area contributed by atoms with Crippen molar-refractivity contribution < 1.29 is 32.2 Å². The summed E-state index contributed by atoms with van der Waals surface area (Å²) in [4.78, 5) is 25.9. The van der Waals surface area contributed by atoms with Crippen molar-refractivity contribution in [2.24, 2.45) is 0 Å². The van der Waals surface area contributed by atoms with Crippen LogP contribution in [0.4, 0.5) is 18.0 Å². The molecule has 1 aromatic rings. The fourth-order valence-electron chi connectivity index (χ4n) is 2.63. The van der Waals surface area contributed by atoms with E-state index < -0.39 is 29.8 Å². The van der Waals surface area contributed by atoms with Crippen molar-refractivity contribution in [3.63, 3.8) is 0 Å². The lowest BCUT2D eigenvalue weighted by Gasteiger charge is -2.33. The number of benzene rings is 1. The molecule has 1 N–H and O–H groups in total. The van der Waals surface area contributed by atoms with Gasteiger partial charge in [0, 0.05) is 19.4 Å². The van der Waals surface area contributed by atoms with Crippen LogP contribution < -0.4 is 5.32 Å². The number of ether oxygens (including phenoxy) is 2. The third kappa shape index (κ3) is 4.79. The van der Waals surface area contributed by atoms with E-state index in [1.807, 2.05) is 0 Å². The second-order valence-electron chi connectivity index (χ2n) is 5.89. The van der Waals surface area contributed by atoms with Crippen LogP contribution in [0.15, 0.2) is 35.5 Å². The number of carbonyl (C=O) groups is 2. The van der Waals surface area contributed by atoms with Gasteiger partial charge in [0.1, 0.15) is 6.61 Å². The number of esters is 1. The van der Waals surface area contributed by atoms with E-state index in [0.29, 0.717) is 17.9 Å². The monoisotopic (exact) mass is 386 g/mol. The molecule has 1 heterocycles. The van der Waals surface area contributed by atoms with Gasteiger partial charge in [-0.1, -0.05) is 12.1 Å². The lowest BCUT2D eigenvalue weighted by molar-refractivity contribution is -0.141. The summed E-state index contributed by atoms with van der Waals surface area (Å²) in [6.45, 7) is 4.12. The Bertz CT molecular complexity index is 729. The van der Waals surface area contributed by atoms with E-state index in [4.69, 9.17) is 9.47 Å². The number of nitrogens with one attached hydrogen (secondary N) is 1. The maximum atomic E-state index is 12.8. The highest BCUT2D eigenvalue weighted by molar-refractivity contribution is 5.95. The van der Waals surface area contributed by atoms with Crippen LogP contribution in [-0.4, -0.2) is 43.8 Å². The summed E-state index contributed by atoms with van der Waals surface area (Å²) in [5, 5.41) is 2.62. The van der Waals surface area contributed by atoms with Crippen molar-refractivity contribution in [1.82, 2.24) is 10.2 Å². The maximum absolute atomic E-state index is 12.8. The first-order valence-corrected chi connectivity index (χ1v) is 8.33. The van der Waals surface area contributed by atoms with E-state index >= 15 is 0 Å². The minimum Gasteiger partial charge on any atom is -0.460 e. The average Bonchev–Trinajstić information content (AvgIpc) is 2.62. The highest BCUT2D eigenvalue weighted by Crippen LogP contribution is 2.33. The number of hydrogen-bond donors (Lipinski definition) is 1. The third-order valence-electron chi connectivity index (χ3n) is 4.21. The number of allylic oxidation sites excluding steroid dienone is 1. The zero-order chi connectivity index (χ0) is 20.2. The molecular formula is C18H21F3N2O4. The lowest BCUT2D eigenvalue weighted by Crippen LogP contribution is -2.46. The highest BCUT2D eigenvalue weighted by atomic mass is 19.4. The fraction of sp³-hybridized carbons (Fsp3) is 0.444. The first-order valence-electron chi connectivity index (χ1n) is 8.33. The molecule has 1 aromatic carbocycles. The topological polar surface area (TPSA) is 67.9 Å². The SMILES string of the molecule is CCOCCOC(=O)C1=C(C)N(C)C(=O)NC1c1ccc(C(F)(F)F)cc1. The molecular weight excluding hydrogens is 365 g/mol. The second-order valence-corrected chi connectivity index (χ2v) is 5.89. The molecule has 2 rings (SSSR count). The summed E-state index contributed by atoms with van der Waals surface area (Å²) < 4.78 is 48.6. The average molecular weight is 386 g/mol. The number of nitrogens with zero attached hydrogens (tertiary/aromatic N) is 1. The van der Waals surface area contributed by atoms with Crippen molar-refractivity contribution in [2.75, 3.05) is 26.9 Å². The first-order chi connectivity index (χ1) is 12.7. The molecule has 1 atom stereocenters. The Morgan fingerprint density at radius 2 is 1.85 bits per heavy atom. The molecule has 0 aromatic heterocycles. The van der Waals surface area contributed by atoms with E-state index in [1.165, 1.54) is 24.1 Å². The van der Waals surface area contributed by atoms with E-state index in [2.05, 4.69) is 5.32 Å². The van der Waals surface area contributed by atoms with Gasteiger partial charge >= 0.3 is 18.2 Å². The number of amides is 2. The standard InChI is InChI=1S/C18H21F3N2O4/c1-4-26-9-10-27-16(24)14-11(2)23(3)17(25)22-15(14)12-5-7-13(8-6-12)18(19,20)21/h5-8,15H,4,9-10H2,1-3H3,(H,22,25).